The van der Waals surface area contributed by atoms with Crippen molar-refractivity contribution < 1.29 is 28.9 Å². The molecule has 0 bridgehead atoms. The van der Waals surface area contributed by atoms with Crippen LogP contribution in [0, 0.1) is 0 Å². The van der Waals surface area contributed by atoms with Gasteiger partial charge in [-0.3, -0.25) is 4.79 Å². The summed E-state index contributed by atoms with van der Waals surface area (Å²) in [6, 6.07) is 13.8. The molecule has 8 heteroatoms. The van der Waals surface area contributed by atoms with Crippen molar-refractivity contribution in [1.29, 1.82) is 0 Å². The summed E-state index contributed by atoms with van der Waals surface area (Å²) >= 11 is 0. The van der Waals surface area contributed by atoms with Crippen molar-refractivity contribution >= 4 is 18.1 Å². The molecule has 0 fully saturated rings. The number of rotatable bonds is 10. The molecule has 2 aromatic rings. The summed E-state index contributed by atoms with van der Waals surface area (Å²) in [5.74, 6) is -0.174. The van der Waals surface area contributed by atoms with E-state index in [2.05, 4.69) is 10.5 Å². The lowest BCUT2D eigenvalue weighted by Crippen LogP contribution is -2.24. The molecule has 27 heavy (non-hydrogen) atoms. The Morgan fingerprint density at radius 1 is 0.963 bits per heavy atom. The molecule has 0 aliphatic carbocycles. The van der Waals surface area contributed by atoms with Crippen molar-refractivity contribution in [3.63, 3.8) is 0 Å². The predicted octanol–water partition coefficient (Wildman–Crippen LogP) is 2.08. The highest BCUT2D eigenvalue weighted by molar-refractivity contribution is 5.85. The van der Waals surface area contributed by atoms with Crippen LogP contribution >= 0.6 is 0 Å². The van der Waals surface area contributed by atoms with Gasteiger partial charge >= 0.3 is 5.97 Å². The van der Waals surface area contributed by atoms with Gasteiger partial charge in [0, 0.05) is 5.56 Å². The Morgan fingerprint density at radius 3 is 2.22 bits per heavy atom. The molecule has 0 heterocycles. The minimum absolute atomic E-state index is 0.238. The van der Waals surface area contributed by atoms with Crippen LogP contribution in [0.1, 0.15) is 12.5 Å². The third kappa shape index (κ3) is 6.69. The monoisotopic (exact) mass is 372 g/mol. The van der Waals surface area contributed by atoms with Crippen LogP contribution in [0.2, 0.25) is 0 Å². The van der Waals surface area contributed by atoms with Crippen molar-refractivity contribution in [2.24, 2.45) is 5.10 Å². The third-order valence-electron chi connectivity index (χ3n) is 3.17. The minimum atomic E-state index is -1.08. The van der Waals surface area contributed by atoms with Crippen molar-refractivity contribution in [3.8, 4) is 17.2 Å². The lowest BCUT2D eigenvalue weighted by molar-refractivity contribution is -0.139. The Morgan fingerprint density at radius 2 is 1.56 bits per heavy atom. The molecular formula is C19H20N2O6. The second-order valence-electron chi connectivity index (χ2n) is 5.18. The van der Waals surface area contributed by atoms with E-state index >= 15 is 0 Å². The quantitative estimate of drug-likeness (QED) is 0.488. The van der Waals surface area contributed by atoms with Crippen LogP contribution in [-0.2, 0) is 9.59 Å². The zero-order chi connectivity index (χ0) is 19.5. The van der Waals surface area contributed by atoms with E-state index in [4.69, 9.17) is 19.3 Å². The summed E-state index contributed by atoms with van der Waals surface area (Å²) in [4.78, 5) is 22.5. The molecule has 0 aliphatic heterocycles. The Kier molecular flexibility index (Phi) is 7.65. The summed E-state index contributed by atoms with van der Waals surface area (Å²) in [5, 5.41) is 12.5. The second-order valence-corrected chi connectivity index (χ2v) is 5.18. The average Bonchev–Trinajstić information content (AvgIpc) is 2.66. The van der Waals surface area contributed by atoms with Crippen molar-refractivity contribution in [2.75, 3.05) is 19.8 Å². The van der Waals surface area contributed by atoms with Gasteiger partial charge in [-0.1, -0.05) is 24.3 Å². The number of nitrogens with one attached hydrogen (secondary N) is 1. The van der Waals surface area contributed by atoms with Crippen LogP contribution in [-0.4, -0.2) is 43.0 Å². The van der Waals surface area contributed by atoms with Gasteiger partial charge in [0.15, 0.2) is 24.7 Å². The number of carboxylic acids is 1. The van der Waals surface area contributed by atoms with E-state index in [1.807, 2.05) is 13.0 Å². The summed E-state index contributed by atoms with van der Waals surface area (Å²) in [6.07, 6.45) is 1.36. The molecule has 0 radical (unpaired) electrons. The molecule has 142 valence electrons. The van der Waals surface area contributed by atoms with Crippen molar-refractivity contribution in [3.05, 3.63) is 54.1 Å². The predicted molar refractivity (Wildman–Crippen MR) is 98.4 cm³/mol. The Balaban J connectivity index is 1.88. The number of nitrogens with zero attached hydrogens (tertiary/aromatic N) is 1. The fourth-order valence-corrected chi connectivity index (χ4v) is 2.05. The molecule has 1 amide bonds. The van der Waals surface area contributed by atoms with Gasteiger partial charge in [-0.25, -0.2) is 10.2 Å². The molecule has 0 unspecified atom stereocenters. The van der Waals surface area contributed by atoms with E-state index in [9.17, 15) is 9.59 Å². The van der Waals surface area contributed by atoms with E-state index < -0.39 is 18.5 Å². The number of hydrogen-bond acceptors (Lipinski definition) is 6. The Labute approximate surface area is 156 Å². The van der Waals surface area contributed by atoms with Gasteiger partial charge in [0.1, 0.15) is 5.75 Å². The standard InChI is InChI=1S/C19H20N2O6/c1-2-25-16-9-5-6-10-17(16)26-12-18(22)21-20-11-14-7-3-4-8-15(14)27-13-19(23)24/h3-11H,2,12-13H2,1H3,(H,21,22)(H,23,24). The fourth-order valence-electron chi connectivity index (χ4n) is 2.05. The van der Waals surface area contributed by atoms with E-state index in [0.717, 1.165) is 0 Å². The molecule has 2 N–H and O–H groups in total. The number of aliphatic carboxylic acids is 1. The lowest BCUT2D eigenvalue weighted by atomic mass is 10.2. The first-order valence-electron chi connectivity index (χ1n) is 8.20. The van der Waals surface area contributed by atoms with Gasteiger partial charge in [0.2, 0.25) is 0 Å². The van der Waals surface area contributed by atoms with E-state index in [1.165, 1.54) is 6.21 Å². The number of ether oxygens (including phenoxy) is 3. The van der Waals surface area contributed by atoms with Crippen molar-refractivity contribution in [2.45, 2.75) is 6.92 Å². The zero-order valence-electron chi connectivity index (χ0n) is 14.8. The van der Waals surface area contributed by atoms with Gasteiger partial charge in [0.05, 0.1) is 12.8 Å². The van der Waals surface area contributed by atoms with Crippen LogP contribution in [0.15, 0.2) is 53.6 Å². The number of carbonyl (C=O) groups is 2. The summed E-state index contributed by atoms with van der Waals surface area (Å²) in [5.41, 5.74) is 2.87. The van der Waals surface area contributed by atoms with E-state index in [-0.39, 0.29) is 6.61 Å². The SMILES string of the molecule is CCOc1ccccc1OCC(=O)NN=Cc1ccccc1OCC(=O)O. The molecule has 0 aliphatic rings. The van der Waals surface area contributed by atoms with Gasteiger partial charge in [0.25, 0.3) is 5.91 Å². The Bertz CT molecular complexity index is 806. The molecule has 0 saturated heterocycles. The average molecular weight is 372 g/mol. The third-order valence-corrected chi connectivity index (χ3v) is 3.17. The molecular weight excluding hydrogens is 352 g/mol. The first kappa shape index (κ1) is 19.8. The lowest BCUT2D eigenvalue weighted by Gasteiger charge is -2.10. The van der Waals surface area contributed by atoms with Crippen LogP contribution in [0.3, 0.4) is 0 Å². The molecule has 0 atom stereocenters. The smallest absolute Gasteiger partial charge is 0.341 e. The number of hydrazone groups is 1. The summed E-state index contributed by atoms with van der Waals surface area (Å²) in [7, 11) is 0. The Hall–Kier alpha value is -3.55. The number of amides is 1. The normalized spacial score (nSPS) is 10.4. The van der Waals surface area contributed by atoms with Crippen LogP contribution in [0.5, 0.6) is 17.2 Å². The van der Waals surface area contributed by atoms with Crippen LogP contribution in [0.4, 0.5) is 0 Å². The zero-order valence-corrected chi connectivity index (χ0v) is 14.8. The topological polar surface area (TPSA) is 106 Å². The van der Waals surface area contributed by atoms with Crippen molar-refractivity contribution in [1.82, 2.24) is 5.43 Å². The number of para-hydroxylation sites is 3. The van der Waals surface area contributed by atoms with Gasteiger partial charge < -0.3 is 19.3 Å². The minimum Gasteiger partial charge on any atom is -0.490 e. The first-order valence-corrected chi connectivity index (χ1v) is 8.20. The second kappa shape index (κ2) is 10.4. The molecule has 0 saturated carbocycles. The molecule has 2 rings (SSSR count). The fraction of sp³-hybridized carbons (Fsp3) is 0.211. The summed E-state index contributed by atoms with van der Waals surface area (Å²) in [6.45, 7) is 1.64. The maximum absolute atomic E-state index is 11.9. The van der Waals surface area contributed by atoms with E-state index in [1.54, 1.807) is 42.5 Å². The molecule has 2 aromatic carbocycles. The highest BCUT2D eigenvalue weighted by atomic mass is 16.5. The molecule has 8 nitrogen and oxygen atoms in total. The molecule has 0 aromatic heterocycles. The number of carboxylic acid groups (broad SMARTS) is 1. The first-order chi connectivity index (χ1) is 13.1. The van der Waals surface area contributed by atoms with Crippen LogP contribution in [0.25, 0.3) is 0 Å². The van der Waals surface area contributed by atoms with E-state index in [0.29, 0.717) is 29.4 Å². The number of hydrogen-bond donors (Lipinski definition) is 2. The highest BCUT2D eigenvalue weighted by Crippen LogP contribution is 2.26. The summed E-state index contributed by atoms with van der Waals surface area (Å²) < 4.78 is 16.0. The number of carbonyl (C=O) groups excluding carboxylic acids is 1. The van der Waals surface area contributed by atoms with Gasteiger partial charge in [-0.05, 0) is 31.2 Å². The number of benzene rings is 2. The largest absolute Gasteiger partial charge is 0.490 e. The molecule has 0 spiro atoms. The van der Waals surface area contributed by atoms with Gasteiger partial charge in [-0.2, -0.15) is 5.10 Å². The van der Waals surface area contributed by atoms with Gasteiger partial charge in [-0.15, -0.1) is 0 Å². The van der Waals surface area contributed by atoms with Crippen LogP contribution < -0.4 is 19.6 Å². The maximum Gasteiger partial charge on any atom is 0.341 e. The highest BCUT2D eigenvalue weighted by Gasteiger charge is 2.07. The maximum atomic E-state index is 11.9.